The van der Waals surface area contributed by atoms with Gasteiger partial charge in [0.15, 0.2) is 0 Å². The molecule has 0 spiro atoms. The lowest BCUT2D eigenvalue weighted by molar-refractivity contribution is -0.139. The van der Waals surface area contributed by atoms with Gasteiger partial charge in [0.1, 0.15) is 0 Å². The standard InChI is InChI=1S/C12H16ClNO2/c1-14(2)7-6-11(12(15)16)9-4-3-5-10(13)8-9/h3-5,8,11H,6-7H2,1-2H3,(H,15,16). The van der Waals surface area contributed by atoms with Crippen LogP contribution in [0.15, 0.2) is 24.3 Å². The first kappa shape index (κ1) is 13.0. The molecular weight excluding hydrogens is 226 g/mol. The Morgan fingerprint density at radius 1 is 1.50 bits per heavy atom. The summed E-state index contributed by atoms with van der Waals surface area (Å²) in [6.45, 7) is 0.740. The third kappa shape index (κ3) is 3.83. The smallest absolute Gasteiger partial charge is 0.311 e. The minimum atomic E-state index is -0.802. The number of carbonyl (C=O) groups is 1. The van der Waals surface area contributed by atoms with Crippen LogP contribution in [0.1, 0.15) is 17.9 Å². The maximum absolute atomic E-state index is 11.2. The first-order valence-electron chi connectivity index (χ1n) is 5.13. The number of carboxylic acids is 1. The van der Waals surface area contributed by atoms with Crippen LogP contribution in [0.4, 0.5) is 0 Å². The molecule has 0 aliphatic heterocycles. The third-order valence-corrected chi connectivity index (χ3v) is 2.65. The lowest BCUT2D eigenvalue weighted by Gasteiger charge is -2.16. The molecule has 1 unspecified atom stereocenters. The van der Waals surface area contributed by atoms with E-state index in [4.69, 9.17) is 16.7 Å². The van der Waals surface area contributed by atoms with Gasteiger partial charge >= 0.3 is 5.97 Å². The Balaban J connectivity index is 2.81. The van der Waals surface area contributed by atoms with E-state index in [0.717, 1.165) is 12.1 Å². The van der Waals surface area contributed by atoms with Crippen molar-refractivity contribution in [3.05, 3.63) is 34.9 Å². The number of hydrogen-bond acceptors (Lipinski definition) is 2. The van der Waals surface area contributed by atoms with Gasteiger partial charge in [-0.3, -0.25) is 4.79 Å². The normalized spacial score (nSPS) is 12.8. The number of rotatable bonds is 5. The second kappa shape index (κ2) is 5.87. The number of nitrogens with zero attached hydrogens (tertiary/aromatic N) is 1. The van der Waals surface area contributed by atoms with E-state index in [1.54, 1.807) is 24.3 Å². The van der Waals surface area contributed by atoms with Crippen molar-refractivity contribution < 1.29 is 9.90 Å². The van der Waals surface area contributed by atoms with Crippen LogP contribution in [-0.4, -0.2) is 36.6 Å². The van der Waals surface area contributed by atoms with Gasteiger partial charge in [0.05, 0.1) is 5.92 Å². The zero-order valence-electron chi connectivity index (χ0n) is 9.48. The van der Waals surface area contributed by atoms with Crippen LogP contribution in [0.5, 0.6) is 0 Å². The van der Waals surface area contributed by atoms with E-state index in [1.807, 2.05) is 19.0 Å². The Bertz CT molecular complexity index is 366. The zero-order valence-corrected chi connectivity index (χ0v) is 10.2. The second-order valence-electron chi connectivity index (χ2n) is 4.04. The van der Waals surface area contributed by atoms with Crippen molar-refractivity contribution in [2.24, 2.45) is 0 Å². The fourth-order valence-electron chi connectivity index (χ4n) is 1.54. The Labute approximate surface area is 101 Å². The molecule has 1 aromatic rings. The first-order chi connectivity index (χ1) is 7.50. The number of carboxylic acid groups (broad SMARTS) is 1. The zero-order chi connectivity index (χ0) is 12.1. The molecule has 0 saturated heterocycles. The molecule has 0 amide bonds. The summed E-state index contributed by atoms with van der Waals surface area (Å²) in [7, 11) is 3.85. The molecule has 0 aromatic heterocycles. The Morgan fingerprint density at radius 3 is 2.69 bits per heavy atom. The van der Waals surface area contributed by atoms with Crippen LogP contribution in [0.3, 0.4) is 0 Å². The van der Waals surface area contributed by atoms with E-state index >= 15 is 0 Å². The topological polar surface area (TPSA) is 40.5 Å². The summed E-state index contributed by atoms with van der Waals surface area (Å²) < 4.78 is 0. The largest absolute Gasteiger partial charge is 0.481 e. The van der Waals surface area contributed by atoms with Gasteiger partial charge in [-0.25, -0.2) is 0 Å². The van der Waals surface area contributed by atoms with Crippen LogP contribution < -0.4 is 0 Å². The van der Waals surface area contributed by atoms with Crippen molar-refractivity contribution in [1.82, 2.24) is 4.90 Å². The summed E-state index contributed by atoms with van der Waals surface area (Å²) in [5.41, 5.74) is 0.766. The lowest BCUT2D eigenvalue weighted by atomic mass is 9.96. The van der Waals surface area contributed by atoms with Gasteiger partial charge in [-0.2, -0.15) is 0 Å². The molecule has 0 aliphatic carbocycles. The molecule has 0 fully saturated rings. The molecule has 1 atom stereocenters. The Hall–Kier alpha value is -1.06. The fraction of sp³-hybridized carbons (Fsp3) is 0.417. The minimum Gasteiger partial charge on any atom is -0.481 e. The maximum atomic E-state index is 11.2. The summed E-state index contributed by atoms with van der Waals surface area (Å²) in [6.07, 6.45) is 0.586. The van der Waals surface area contributed by atoms with Crippen LogP contribution >= 0.6 is 11.6 Å². The van der Waals surface area contributed by atoms with Crippen molar-refractivity contribution in [1.29, 1.82) is 0 Å². The molecule has 4 heteroatoms. The van der Waals surface area contributed by atoms with E-state index in [2.05, 4.69) is 0 Å². The summed E-state index contributed by atoms with van der Waals surface area (Å²) >= 11 is 5.85. The highest BCUT2D eigenvalue weighted by molar-refractivity contribution is 6.30. The number of aliphatic carboxylic acids is 1. The van der Waals surface area contributed by atoms with Gasteiger partial charge in [-0.1, -0.05) is 23.7 Å². The van der Waals surface area contributed by atoms with Gasteiger partial charge in [-0.15, -0.1) is 0 Å². The SMILES string of the molecule is CN(C)CCC(C(=O)O)c1cccc(Cl)c1. The predicted molar refractivity (Wildman–Crippen MR) is 65.0 cm³/mol. The van der Waals surface area contributed by atoms with Crippen molar-refractivity contribution in [3.8, 4) is 0 Å². The highest BCUT2D eigenvalue weighted by Crippen LogP contribution is 2.23. The van der Waals surface area contributed by atoms with Gasteiger partial charge in [0, 0.05) is 5.02 Å². The molecule has 0 saturated carbocycles. The van der Waals surface area contributed by atoms with Crippen LogP contribution in [0, 0.1) is 0 Å². The summed E-state index contributed by atoms with van der Waals surface area (Å²) in [5, 5.41) is 9.75. The number of halogens is 1. The van der Waals surface area contributed by atoms with Gasteiger partial charge in [0.2, 0.25) is 0 Å². The van der Waals surface area contributed by atoms with E-state index < -0.39 is 11.9 Å². The monoisotopic (exact) mass is 241 g/mol. The van der Waals surface area contributed by atoms with Crippen LogP contribution in [0.2, 0.25) is 5.02 Å². The lowest BCUT2D eigenvalue weighted by Crippen LogP contribution is -2.20. The molecule has 88 valence electrons. The summed E-state index contributed by atoms with van der Waals surface area (Å²) in [5.74, 6) is -1.29. The first-order valence-corrected chi connectivity index (χ1v) is 5.51. The molecule has 1 N–H and O–H groups in total. The van der Waals surface area contributed by atoms with Crippen molar-refractivity contribution in [2.75, 3.05) is 20.6 Å². The number of hydrogen-bond donors (Lipinski definition) is 1. The second-order valence-corrected chi connectivity index (χ2v) is 4.47. The summed E-state index contributed by atoms with van der Waals surface area (Å²) in [6, 6.07) is 7.05. The van der Waals surface area contributed by atoms with Gasteiger partial charge in [-0.05, 0) is 44.8 Å². The van der Waals surface area contributed by atoms with Crippen molar-refractivity contribution >= 4 is 17.6 Å². The van der Waals surface area contributed by atoms with Crippen LogP contribution in [0.25, 0.3) is 0 Å². The summed E-state index contributed by atoms with van der Waals surface area (Å²) in [4.78, 5) is 13.1. The average Bonchev–Trinajstić information content (AvgIpc) is 2.17. The molecule has 0 aliphatic rings. The van der Waals surface area contributed by atoms with Gasteiger partial charge in [0.25, 0.3) is 0 Å². The molecule has 16 heavy (non-hydrogen) atoms. The van der Waals surface area contributed by atoms with E-state index in [9.17, 15) is 4.79 Å². The Kier molecular flexibility index (Phi) is 4.77. The minimum absolute atomic E-state index is 0.485. The highest BCUT2D eigenvalue weighted by atomic mass is 35.5. The van der Waals surface area contributed by atoms with Gasteiger partial charge < -0.3 is 10.0 Å². The molecule has 3 nitrogen and oxygen atoms in total. The van der Waals surface area contributed by atoms with E-state index in [0.29, 0.717) is 11.4 Å². The molecule has 1 aromatic carbocycles. The van der Waals surface area contributed by atoms with Crippen LogP contribution in [-0.2, 0) is 4.79 Å². The maximum Gasteiger partial charge on any atom is 0.311 e. The molecule has 1 rings (SSSR count). The Morgan fingerprint density at radius 2 is 2.19 bits per heavy atom. The van der Waals surface area contributed by atoms with Crippen molar-refractivity contribution in [3.63, 3.8) is 0 Å². The highest BCUT2D eigenvalue weighted by Gasteiger charge is 2.19. The number of benzene rings is 1. The van der Waals surface area contributed by atoms with E-state index in [-0.39, 0.29) is 0 Å². The fourth-order valence-corrected chi connectivity index (χ4v) is 1.74. The molecule has 0 heterocycles. The quantitative estimate of drug-likeness (QED) is 0.861. The third-order valence-electron chi connectivity index (χ3n) is 2.41. The molecule has 0 radical (unpaired) electrons. The predicted octanol–water partition coefficient (Wildman–Crippen LogP) is 2.46. The van der Waals surface area contributed by atoms with E-state index in [1.165, 1.54) is 0 Å². The average molecular weight is 242 g/mol. The molecule has 0 bridgehead atoms. The van der Waals surface area contributed by atoms with Crippen molar-refractivity contribution in [2.45, 2.75) is 12.3 Å². The molecular formula is C12H16ClNO2.